The maximum Gasteiger partial charge on any atom is 0.140 e. The monoisotopic (exact) mass is 230 g/mol. The zero-order valence-corrected chi connectivity index (χ0v) is 9.31. The molecule has 2 rings (SSSR count). The second kappa shape index (κ2) is 4.34. The molecule has 17 heavy (non-hydrogen) atoms. The molecule has 1 unspecified atom stereocenters. The summed E-state index contributed by atoms with van der Waals surface area (Å²) in [5.41, 5.74) is 7.08. The molecule has 1 heterocycles. The molecule has 0 amide bonds. The van der Waals surface area contributed by atoms with Crippen molar-refractivity contribution in [3.8, 4) is 6.07 Å². The summed E-state index contributed by atoms with van der Waals surface area (Å²) in [5.74, 6) is 0.0816. The van der Waals surface area contributed by atoms with E-state index in [0.29, 0.717) is 17.8 Å². The van der Waals surface area contributed by atoms with Crippen molar-refractivity contribution < 1.29 is 4.39 Å². The lowest BCUT2D eigenvalue weighted by Crippen LogP contribution is -2.26. The second-order valence-corrected chi connectivity index (χ2v) is 3.98. The van der Waals surface area contributed by atoms with Crippen LogP contribution in [-0.4, -0.2) is 11.5 Å². The lowest BCUT2D eigenvalue weighted by molar-refractivity contribution is 0.623. The molecule has 0 fully saturated rings. The number of nitrogens with two attached hydrogens (primary N) is 1. The molecule has 0 saturated heterocycles. The van der Waals surface area contributed by atoms with E-state index in [0.717, 1.165) is 5.71 Å². The summed E-state index contributed by atoms with van der Waals surface area (Å²) < 4.78 is 13.2. The zero-order valence-electron chi connectivity index (χ0n) is 9.31. The maximum atomic E-state index is 13.2. The molecule has 86 valence electrons. The van der Waals surface area contributed by atoms with Gasteiger partial charge in [-0.05, 0) is 17.7 Å². The number of hydrogen-bond donors (Lipinski definition) is 1. The van der Waals surface area contributed by atoms with Crippen LogP contribution in [0.1, 0.15) is 24.5 Å². The normalized spacial score (nSPS) is 19.2. The molecule has 0 aromatic heterocycles. The molecule has 0 saturated carbocycles. The first-order valence-electron chi connectivity index (χ1n) is 5.21. The quantitative estimate of drug-likeness (QED) is 0.798. The summed E-state index contributed by atoms with van der Waals surface area (Å²) in [6.45, 7) is 1.95. The first-order chi connectivity index (χ1) is 8.11. The minimum absolute atomic E-state index is 0.0142. The van der Waals surface area contributed by atoms with Crippen LogP contribution in [0.25, 0.3) is 0 Å². The van der Waals surface area contributed by atoms with Crippen molar-refractivity contribution in [2.24, 2.45) is 21.9 Å². The van der Waals surface area contributed by atoms with Crippen molar-refractivity contribution in [2.75, 3.05) is 0 Å². The van der Waals surface area contributed by atoms with Crippen LogP contribution < -0.4 is 5.73 Å². The smallest absolute Gasteiger partial charge is 0.140 e. The van der Waals surface area contributed by atoms with E-state index in [9.17, 15) is 4.39 Å². The third-order valence-corrected chi connectivity index (χ3v) is 2.71. The summed E-state index contributed by atoms with van der Waals surface area (Å²) in [6, 6.07) is 6.15. The first kappa shape index (κ1) is 11.3. The molecule has 0 radical (unpaired) electrons. The van der Waals surface area contributed by atoms with Crippen LogP contribution >= 0.6 is 0 Å². The van der Waals surface area contributed by atoms with Crippen LogP contribution in [0.2, 0.25) is 0 Å². The molecule has 1 aliphatic heterocycles. The molecule has 1 aliphatic rings. The number of benzene rings is 1. The Morgan fingerprint density at radius 1 is 1.47 bits per heavy atom. The van der Waals surface area contributed by atoms with Gasteiger partial charge in [0.15, 0.2) is 0 Å². The zero-order chi connectivity index (χ0) is 12.4. The molecule has 1 atom stereocenters. The van der Waals surface area contributed by atoms with E-state index >= 15 is 0 Å². The van der Waals surface area contributed by atoms with Gasteiger partial charge in [0.2, 0.25) is 0 Å². The van der Waals surface area contributed by atoms with Crippen molar-refractivity contribution in [2.45, 2.75) is 13.3 Å². The molecule has 4 nitrogen and oxygen atoms in total. The molecule has 0 aliphatic carbocycles. The van der Waals surface area contributed by atoms with Gasteiger partial charge in [0.1, 0.15) is 17.7 Å². The van der Waals surface area contributed by atoms with E-state index in [2.05, 4.69) is 10.2 Å². The van der Waals surface area contributed by atoms with Crippen molar-refractivity contribution in [3.05, 3.63) is 35.1 Å². The standard InChI is InChI=1S/C12H11FN4/c1-7-4-11(16-17-12(7)15)8-2-3-10(13)9(5-8)6-14/h2-3,5,7H,4H2,1H3,(H2,15,17). The molecule has 5 heteroatoms. The van der Waals surface area contributed by atoms with Crippen LogP contribution in [0.15, 0.2) is 28.4 Å². The van der Waals surface area contributed by atoms with Crippen LogP contribution in [0.3, 0.4) is 0 Å². The Balaban J connectivity index is 2.40. The molecule has 1 aromatic carbocycles. The highest BCUT2D eigenvalue weighted by Gasteiger charge is 2.18. The van der Waals surface area contributed by atoms with Gasteiger partial charge in [-0.1, -0.05) is 13.0 Å². The van der Waals surface area contributed by atoms with E-state index in [1.165, 1.54) is 12.1 Å². The summed E-state index contributed by atoms with van der Waals surface area (Å²) in [4.78, 5) is 0. The Kier molecular flexibility index (Phi) is 2.88. The van der Waals surface area contributed by atoms with E-state index in [-0.39, 0.29) is 11.5 Å². The number of amidine groups is 1. The van der Waals surface area contributed by atoms with Crippen LogP contribution in [0, 0.1) is 23.1 Å². The fourth-order valence-corrected chi connectivity index (χ4v) is 1.62. The lowest BCUT2D eigenvalue weighted by Gasteiger charge is -2.16. The highest BCUT2D eigenvalue weighted by Crippen LogP contribution is 2.18. The molecule has 0 spiro atoms. The van der Waals surface area contributed by atoms with Gasteiger partial charge in [0.05, 0.1) is 11.3 Å². The number of rotatable bonds is 1. The molecule has 2 N–H and O–H groups in total. The van der Waals surface area contributed by atoms with E-state index in [1.54, 1.807) is 12.1 Å². The Bertz CT molecular complexity index is 554. The summed E-state index contributed by atoms with van der Waals surface area (Å²) in [5, 5.41) is 16.6. The minimum Gasteiger partial charge on any atom is -0.385 e. The highest BCUT2D eigenvalue weighted by atomic mass is 19.1. The van der Waals surface area contributed by atoms with Crippen LogP contribution in [-0.2, 0) is 0 Å². The molecular weight excluding hydrogens is 219 g/mol. The van der Waals surface area contributed by atoms with Gasteiger partial charge in [-0.15, -0.1) is 5.10 Å². The van der Waals surface area contributed by atoms with Gasteiger partial charge in [-0.3, -0.25) is 0 Å². The Hall–Kier alpha value is -2.22. The van der Waals surface area contributed by atoms with Crippen molar-refractivity contribution in [1.82, 2.24) is 0 Å². The maximum absolute atomic E-state index is 13.2. The van der Waals surface area contributed by atoms with Gasteiger partial charge < -0.3 is 5.73 Å². The lowest BCUT2D eigenvalue weighted by atomic mass is 9.96. The number of hydrogen-bond acceptors (Lipinski definition) is 4. The summed E-state index contributed by atoms with van der Waals surface area (Å²) >= 11 is 0. The molecular formula is C12H11FN4. The largest absolute Gasteiger partial charge is 0.385 e. The fraction of sp³-hybridized carbons (Fsp3) is 0.250. The average Bonchev–Trinajstić information content (AvgIpc) is 2.33. The Morgan fingerprint density at radius 2 is 2.24 bits per heavy atom. The third kappa shape index (κ3) is 2.16. The van der Waals surface area contributed by atoms with Crippen LogP contribution in [0.5, 0.6) is 0 Å². The Morgan fingerprint density at radius 3 is 2.88 bits per heavy atom. The van der Waals surface area contributed by atoms with Crippen molar-refractivity contribution in [3.63, 3.8) is 0 Å². The number of nitrogens with zero attached hydrogens (tertiary/aromatic N) is 3. The third-order valence-electron chi connectivity index (χ3n) is 2.71. The van der Waals surface area contributed by atoms with Crippen molar-refractivity contribution in [1.29, 1.82) is 5.26 Å². The first-order valence-corrected chi connectivity index (χ1v) is 5.21. The second-order valence-electron chi connectivity index (χ2n) is 3.98. The van der Waals surface area contributed by atoms with Gasteiger partial charge in [0, 0.05) is 12.3 Å². The Labute approximate surface area is 98.3 Å². The summed E-state index contributed by atoms with van der Waals surface area (Å²) in [6.07, 6.45) is 0.645. The molecule has 0 bridgehead atoms. The van der Waals surface area contributed by atoms with Crippen molar-refractivity contribution >= 4 is 11.5 Å². The predicted octanol–water partition coefficient (Wildman–Crippen LogP) is 1.80. The summed E-state index contributed by atoms with van der Waals surface area (Å²) in [7, 11) is 0. The predicted molar refractivity (Wildman–Crippen MR) is 63.1 cm³/mol. The number of halogens is 1. The highest BCUT2D eigenvalue weighted by molar-refractivity contribution is 6.04. The van der Waals surface area contributed by atoms with E-state index in [1.807, 2.05) is 6.92 Å². The SMILES string of the molecule is CC1CC(c2ccc(F)c(C#N)c2)=NN=C1N. The van der Waals surface area contributed by atoms with Gasteiger partial charge in [-0.2, -0.15) is 10.4 Å². The van der Waals surface area contributed by atoms with Gasteiger partial charge in [-0.25, -0.2) is 4.39 Å². The topological polar surface area (TPSA) is 74.5 Å². The van der Waals surface area contributed by atoms with Crippen LogP contribution in [0.4, 0.5) is 4.39 Å². The fourth-order valence-electron chi connectivity index (χ4n) is 1.62. The average molecular weight is 230 g/mol. The molecule has 1 aromatic rings. The number of nitriles is 1. The van der Waals surface area contributed by atoms with Gasteiger partial charge >= 0.3 is 0 Å². The van der Waals surface area contributed by atoms with E-state index in [4.69, 9.17) is 11.0 Å². The van der Waals surface area contributed by atoms with Gasteiger partial charge in [0.25, 0.3) is 0 Å². The minimum atomic E-state index is -0.524. The van der Waals surface area contributed by atoms with E-state index < -0.39 is 5.82 Å².